The van der Waals surface area contributed by atoms with Crippen molar-refractivity contribution >= 4 is 81.9 Å². The molecule has 1 unspecified atom stereocenters. The Hall–Kier alpha value is -4.90. The highest BCUT2D eigenvalue weighted by Crippen LogP contribution is 2.28. The first-order chi connectivity index (χ1) is 22.2. The molecule has 1 atom stereocenters. The molecule has 4 aromatic carbocycles. The molecule has 1 aliphatic rings. The van der Waals surface area contributed by atoms with E-state index in [-0.39, 0.29) is 29.8 Å². The quantitative estimate of drug-likeness (QED) is 0.134. The summed E-state index contributed by atoms with van der Waals surface area (Å²) in [4.78, 5) is 52.3. The van der Waals surface area contributed by atoms with E-state index in [1.807, 2.05) is 6.07 Å². The second kappa shape index (κ2) is 14.9. The molecule has 9 nitrogen and oxygen atoms in total. The Kier molecular flexibility index (Phi) is 10.5. The van der Waals surface area contributed by atoms with E-state index in [0.29, 0.717) is 32.5 Å². The maximum atomic E-state index is 13.4. The van der Waals surface area contributed by atoms with Gasteiger partial charge in [-0.3, -0.25) is 19.2 Å². The highest BCUT2D eigenvalue weighted by atomic mass is 35.5. The van der Waals surface area contributed by atoms with Gasteiger partial charge in [-0.2, -0.15) is 10.1 Å². The number of rotatable bonds is 9. The van der Waals surface area contributed by atoms with E-state index in [9.17, 15) is 19.2 Å². The normalized spacial score (nSPS) is 13.5. The molecule has 46 heavy (non-hydrogen) atoms. The van der Waals surface area contributed by atoms with Crippen molar-refractivity contribution in [3.05, 3.63) is 130 Å². The van der Waals surface area contributed by atoms with Crippen molar-refractivity contribution in [2.45, 2.75) is 23.5 Å². The van der Waals surface area contributed by atoms with Gasteiger partial charge < -0.3 is 16.0 Å². The summed E-state index contributed by atoms with van der Waals surface area (Å²) < 4.78 is 0. The molecule has 0 saturated heterocycles. The van der Waals surface area contributed by atoms with Crippen LogP contribution in [0.4, 0.5) is 11.4 Å². The van der Waals surface area contributed by atoms with Crippen LogP contribution in [0.5, 0.6) is 0 Å². The Morgan fingerprint density at radius 1 is 0.848 bits per heavy atom. The largest absolute Gasteiger partial charge is 0.321 e. The summed E-state index contributed by atoms with van der Waals surface area (Å²) in [6.07, 6.45) is 1.42. The van der Waals surface area contributed by atoms with Crippen molar-refractivity contribution in [3.63, 3.8) is 0 Å². The third-order valence-corrected chi connectivity index (χ3v) is 8.43. The van der Waals surface area contributed by atoms with Gasteiger partial charge in [0.15, 0.2) is 0 Å². The molecule has 4 aromatic rings. The average molecular weight is 673 g/mol. The zero-order valence-corrected chi connectivity index (χ0v) is 26.7. The number of hydrazone groups is 1. The average Bonchev–Trinajstić information content (AvgIpc) is 3.43. The maximum absolute atomic E-state index is 13.4. The van der Waals surface area contributed by atoms with Crippen molar-refractivity contribution < 1.29 is 19.2 Å². The number of thioether (sulfide) groups is 1. The fourth-order valence-electron chi connectivity index (χ4n) is 4.32. The predicted molar refractivity (Wildman–Crippen MR) is 183 cm³/mol. The van der Waals surface area contributed by atoms with Gasteiger partial charge in [0.1, 0.15) is 11.5 Å². The lowest BCUT2D eigenvalue weighted by Gasteiger charge is -2.14. The molecule has 3 N–H and O–H groups in total. The van der Waals surface area contributed by atoms with Crippen LogP contribution in [0.2, 0.25) is 10.0 Å². The number of hydrogen-bond acceptors (Lipinski definition) is 6. The summed E-state index contributed by atoms with van der Waals surface area (Å²) in [6, 6.07) is 29.3. The van der Waals surface area contributed by atoms with E-state index >= 15 is 0 Å². The first-order valence-corrected chi connectivity index (χ1v) is 15.7. The number of carbonyl (C=O) groups is 4. The Balaban J connectivity index is 1.23. The number of halogens is 2. The van der Waals surface area contributed by atoms with Gasteiger partial charge in [-0.25, -0.2) is 0 Å². The molecule has 1 heterocycles. The van der Waals surface area contributed by atoms with Gasteiger partial charge in [-0.15, -0.1) is 11.8 Å². The lowest BCUT2D eigenvalue weighted by Crippen LogP contribution is -2.35. The van der Waals surface area contributed by atoms with Gasteiger partial charge in [0.05, 0.1) is 17.4 Å². The SMILES string of the molecule is CC(Sc1ccc(NC(=O)/C(=C/c2c(Cl)cccc2Cl)NC(=O)c2ccccc2)cc1)C(=O)NC1=NN(c2ccccc2)C(=O)C1. The first kappa shape index (κ1) is 32.5. The van der Waals surface area contributed by atoms with Crippen LogP contribution in [0.1, 0.15) is 29.3 Å². The number of nitrogens with one attached hydrogen (secondary N) is 3. The fourth-order valence-corrected chi connectivity index (χ4v) is 5.70. The summed E-state index contributed by atoms with van der Waals surface area (Å²) in [5.74, 6) is -1.32. The highest BCUT2D eigenvalue weighted by Gasteiger charge is 2.27. The first-order valence-electron chi connectivity index (χ1n) is 14.0. The van der Waals surface area contributed by atoms with Gasteiger partial charge in [0, 0.05) is 31.8 Å². The van der Waals surface area contributed by atoms with Crippen molar-refractivity contribution in [1.29, 1.82) is 0 Å². The minimum Gasteiger partial charge on any atom is -0.321 e. The molecule has 0 aliphatic carbocycles. The third kappa shape index (κ3) is 8.22. The summed E-state index contributed by atoms with van der Waals surface area (Å²) in [6.45, 7) is 1.74. The molecule has 4 amide bonds. The Morgan fingerprint density at radius 3 is 2.13 bits per heavy atom. The molecule has 12 heteroatoms. The molecule has 5 rings (SSSR count). The number of amides is 4. The van der Waals surface area contributed by atoms with Gasteiger partial charge >= 0.3 is 0 Å². The van der Waals surface area contributed by atoms with Crippen molar-refractivity contribution in [2.24, 2.45) is 5.10 Å². The van der Waals surface area contributed by atoms with Crippen LogP contribution in [0, 0.1) is 0 Å². The standard InChI is InChI=1S/C34H27Cl2N5O4S/c1-21(32(43)39-30-20-31(42)41(40-30)24-11-6-3-7-12-24)46-25-17-15-23(16-18-25)37-34(45)29(19-26-27(35)13-8-14-28(26)36)38-33(44)22-9-4-2-5-10-22/h2-19,21H,20H2,1H3,(H,37,45)(H,38,44)(H,39,40,43)/b29-19-. The maximum Gasteiger partial charge on any atom is 0.272 e. The number of nitrogens with zero attached hydrogens (tertiary/aromatic N) is 2. The molecule has 0 bridgehead atoms. The predicted octanol–water partition coefficient (Wildman–Crippen LogP) is 6.75. The monoisotopic (exact) mass is 671 g/mol. The summed E-state index contributed by atoms with van der Waals surface area (Å²) in [7, 11) is 0. The van der Waals surface area contributed by atoms with Gasteiger partial charge in [0.2, 0.25) is 5.91 Å². The zero-order valence-electron chi connectivity index (χ0n) is 24.4. The molecule has 0 spiro atoms. The number of anilines is 2. The van der Waals surface area contributed by atoms with Gasteiger partial charge in [-0.1, -0.05) is 65.7 Å². The Bertz CT molecular complexity index is 1810. The van der Waals surface area contributed by atoms with Crippen LogP contribution in [-0.2, 0) is 14.4 Å². The molecule has 0 aromatic heterocycles. The molecule has 232 valence electrons. The van der Waals surface area contributed by atoms with E-state index < -0.39 is 17.1 Å². The number of benzene rings is 4. The molecule has 0 saturated carbocycles. The Labute approximate surface area is 279 Å². The minimum atomic E-state index is -0.593. The lowest BCUT2D eigenvalue weighted by molar-refractivity contribution is -0.119. The minimum absolute atomic E-state index is 0.00264. The topological polar surface area (TPSA) is 120 Å². The van der Waals surface area contributed by atoms with Crippen LogP contribution in [0.3, 0.4) is 0 Å². The van der Waals surface area contributed by atoms with E-state index in [1.165, 1.54) is 22.8 Å². The molecule has 1 aliphatic heterocycles. The van der Waals surface area contributed by atoms with E-state index in [0.717, 1.165) is 4.90 Å². The second-order valence-corrected chi connectivity index (χ2v) is 12.2. The Morgan fingerprint density at radius 2 is 1.48 bits per heavy atom. The molecule has 0 fully saturated rings. The lowest BCUT2D eigenvalue weighted by atomic mass is 10.1. The van der Waals surface area contributed by atoms with Gasteiger partial charge in [0.25, 0.3) is 17.7 Å². The van der Waals surface area contributed by atoms with Crippen molar-refractivity contribution in [3.8, 4) is 0 Å². The van der Waals surface area contributed by atoms with E-state index in [1.54, 1.807) is 104 Å². The zero-order chi connectivity index (χ0) is 32.6. The van der Waals surface area contributed by atoms with Crippen molar-refractivity contribution in [1.82, 2.24) is 10.6 Å². The smallest absolute Gasteiger partial charge is 0.272 e. The number of carbonyl (C=O) groups excluding carboxylic acids is 4. The third-order valence-electron chi connectivity index (χ3n) is 6.66. The van der Waals surface area contributed by atoms with Crippen molar-refractivity contribution in [2.75, 3.05) is 10.3 Å². The van der Waals surface area contributed by atoms with Crippen LogP contribution >= 0.6 is 35.0 Å². The number of amidine groups is 1. The fraction of sp³-hybridized carbons (Fsp3) is 0.0882. The van der Waals surface area contributed by atoms with Crippen LogP contribution in [0.25, 0.3) is 6.08 Å². The van der Waals surface area contributed by atoms with Gasteiger partial charge in [-0.05, 0) is 73.7 Å². The number of para-hydroxylation sites is 1. The molecular formula is C34H27Cl2N5O4S. The second-order valence-electron chi connectivity index (χ2n) is 10.0. The highest BCUT2D eigenvalue weighted by molar-refractivity contribution is 8.00. The van der Waals surface area contributed by atoms with Crippen LogP contribution < -0.4 is 21.0 Å². The molecular weight excluding hydrogens is 645 g/mol. The molecule has 0 radical (unpaired) electrons. The van der Waals surface area contributed by atoms with Crippen LogP contribution in [-0.4, -0.2) is 34.7 Å². The number of hydrogen-bond donors (Lipinski definition) is 3. The van der Waals surface area contributed by atoms with Crippen LogP contribution in [0.15, 0.2) is 119 Å². The van der Waals surface area contributed by atoms with E-state index in [4.69, 9.17) is 23.2 Å². The summed E-state index contributed by atoms with van der Waals surface area (Å²) >= 11 is 14.0. The summed E-state index contributed by atoms with van der Waals surface area (Å²) in [5, 5.41) is 13.8. The van der Waals surface area contributed by atoms with E-state index in [2.05, 4.69) is 21.1 Å². The summed E-state index contributed by atoms with van der Waals surface area (Å²) in [5.41, 5.74) is 1.76.